The number of carbonyl (C=O) groups excluding carboxylic acids is 2. The summed E-state index contributed by atoms with van der Waals surface area (Å²) in [6.07, 6.45) is 1.05. The zero-order valence-corrected chi connectivity index (χ0v) is 16.8. The lowest BCUT2D eigenvalue weighted by Gasteiger charge is -2.11. The van der Waals surface area contributed by atoms with Gasteiger partial charge in [-0.3, -0.25) is 14.9 Å². The summed E-state index contributed by atoms with van der Waals surface area (Å²) >= 11 is 5.10. The Hall–Kier alpha value is -3.58. The molecular weight excluding hydrogens is 401 g/mol. The third kappa shape index (κ3) is 6.22. The number of hydrogen-bond donors (Lipinski definition) is 3. The fourth-order valence-corrected chi connectivity index (χ4v) is 2.95. The first-order valence-electron chi connectivity index (χ1n) is 9.32. The molecule has 3 N–H and O–H groups in total. The molecule has 0 bridgehead atoms. The summed E-state index contributed by atoms with van der Waals surface area (Å²) in [5.41, 5.74) is 2.30. The fourth-order valence-electron chi connectivity index (χ4n) is 2.74. The topological polar surface area (TPSA) is 70.2 Å². The second-order valence-corrected chi connectivity index (χ2v) is 6.91. The van der Waals surface area contributed by atoms with Gasteiger partial charge in [0.25, 0.3) is 5.91 Å². The summed E-state index contributed by atoms with van der Waals surface area (Å²) in [5.74, 6) is -1.33. The lowest BCUT2D eigenvalue weighted by atomic mass is 10.1. The van der Waals surface area contributed by atoms with E-state index in [9.17, 15) is 14.0 Å². The van der Waals surface area contributed by atoms with Crippen LogP contribution in [-0.2, 0) is 11.2 Å². The van der Waals surface area contributed by atoms with E-state index in [2.05, 4.69) is 16.0 Å². The van der Waals surface area contributed by atoms with Gasteiger partial charge in [-0.05, 0) is 60.6 Å². The van der Waals surface area contributed by atoms with Gasteiger partial charge in [0, 0.05) is 17.8 Å². The van der Waals surface area contributed by atoms with E-state index in [1.165, 1.54) is 18.2 Å². The molecule has 30 heavy (non-hydrogen) atoms. The molecule has 0 unspecified atom stereocenters. The number of benzene rings is 3. The molecule has 2 amide bonds. The Balaban J connectivity index is 1.48. The molecule has 0 aliphatic rings. The highest BCUT2D eigenvalue weighted by Gasteiger charge is 2.12. The van der Waals surface area contributed by atoms with Crippen molar-refractivity contribution < 1.29 is 14.0 Å². The van der Waals surface area contributed by atoms with E-state index in [0.717, 1.165) is 5.56 Å². The van der Waals surface area contributed by atoms with E-state index >= 15 is 0 Å². The van der Waals surface area contributed by atoms with E-state index < -0.39 is 11.7 Å². The smallest absolute Gasteiger partial charge is 0.260 e. The molecule has 5 nitrogen and oxygen atoms in total. The first kappa shape index (κ1) is 21.1. The molecule has 0 saturated carbocycles. The van der Waals surface area contributed by atoms with Crippen LogP contribution in [0.2, 0.25) is 0 Å². The van der Waals surface area contributed by atoms with Crippen molar-refractivity contribution >= 4 is 40.5 Å². The van der Waals surface area contributed by atoms with Crippen molar-refractivity contribution in [3.8, 4) is 0 Å². The Kier molecular flexibility index (Phi) is 7.24. The molecule has 0 radical (unpaired) electrons. The molecule has 3 aromatic rings. The maximum atomic E-state index is 13.7. The van der Waals surface area contributed by atoms with Gasteiger partial charge in [0.1, 0.15) is 5.82 Å². The van der Waals surface area contributed by atoms with E-state index in [1.54, 1.807) is 30.3 Å². The number of hydrogen-bond acceptors (Lipinski definition) is 3. The molecule has 0 aliphatic heterocycles. The third-order valence-corrected chi connectivity index (χ3v) is 4.46. The molecular formula is C23H20FN3O2S. The van der Waals surface area contributed by atoms with Gasteiger partial charge in [0.15, 0.2) is 5.11 Å². The van der Waals surface area contributed by atoms with Crippen molar-refractivity contribution in [3.05, 3.63) is 95.8 Å². The van der Waals surface area contributed by atoms with E-state index in [4.69, 9.17) is 12.2 Å². The van der Waals surface area contributed by atoms with Gasteiger partial charge in [0.2, 0.25) is 5.91 Å². The van der Waals surface area contributed by atoms with Gasteiger partial charge in [-0.1, -0.05) is 42.5 Å². The highest BCUT2D eigenvalue weighted by molar-refractivity contribution is 7.80. The van der Waals surface area contributed by atoms with Crippen LogP contribution in [0.1, 0.15) is 22.3 Å². The minimum atomic E-state index is -0.632. The molecule has 152 valence electrons. The Bertz CT molecular complexity index is 1040. The summed E-state index contributed by atoms with van der Waals surface area (Å²) in [6, 6.07) is 22.4. The lowest BCUT2D eigenvalue weighted by Crippen LogP contribution is -2.34. The van der Waals surface area contributed by atoms with E-state index in [0.29, 0.717) is 24.2 Å². The minimum absolute atomic E-state index is 0.0444. The first-order valence-corrected chi connectivity index (χ1v) is 9.73. The van der Waals surface area contributed by atoms with Crippen molar-refractivity contribution in [2.75, 3.05) is 10.6 Å². The van der Waals surface area contributed by atoms with Gasteiger partial charge in [-0.25, -0.2) is 4.39 Å². The van der Waals surface area contributed by atoms with Crippen LogP contribution in [0.15, 0.2) is 78.9 Å². The summed E-state index contributed by atoms with van der Waals surface area (Å²) in [5, 5.41) is 8.18. The van der Waals surface area contributed by atoms with Crippen LogP contribution in [0.3, 0.4) is 0 Å². The van der Waals surface area contributed by atoms with Crippen LogP contribution in [0.5, 0.6) is 0 Å². The Morgan fingerprint density at radius 1 is 0.800 bits per heavy atom. The number of amides is 2. The molecule has 0 spiro atoms. The largest absolute Gasteiger partial charge is 0.332 e. The van der Waals surface area contributed by atoms with Gasteiger partial charge in [-0.2, -0.15) is 0 Å². The van der Waals surface area contributed by atoms with Crippen molar-refractivity contribution in [1.82, 2.24) is 5.32 Å². The van der Waals surface area contributed by atoms with Crippen LogP contribution in [0.4, 0.5) is 15.8 Å². The third-order valence-electron chi connectivity index (χ3n) is 4.26. The van der Waals surface area contributed by atoms with Crippen LogP contribution in [0, 0.1) is 5.82 Å². The molecule has 7 heteroatoms. The molecule has 0 fully saturated rings. The molecule has 3 aromatic carbocycles. The van der Waals surface area contributed by atoms with E-state index in [-0.39, 0.29) is 16.6 Å². The Labute approximate surface area is 179 Å². The predicted octanol–water partition coefficient (Wildman–Crippen LogP) is 4.52. The average molecular weight is 421 g/mol. The number of anilines is 2. The molecule has 3 rings (SSSR count). The standard InChI is InChI=1S/C23H20FN3O2S/c24-20-9-5-4-8-19(20)22(29)27-23(30)26-18-13-11-17(12-14-18)25-21(28)15-10-16-6-2-1-3-7-16/h1-9,11-14H,10,15H2,(H,25,28)(H2,26,27,29,30). The van der Waals surface area contributed by atoms with Crippen molar-refractivity contribution in [2.24, 2.45) is 0 Å². The number of thiocarbonyl (C=S) groups is 1. The highest BCUT2D eigenvalue weighted by atomic mass is 32.1. The maximum absolute atomic E-state index is 13.7. The number of nitrogens with one attached hydrogen (secondary N) is 3. The molecule has 0 heterocycles. The van der Waals surface area contributed by atoms with Gasteiger partial charge in [-0.15, -0.1) is 0 Å². The van der Waals surface area contributed by atoms with Gasteiger partial charge >= 0.3 is 0 Å². The zero-order valence-electron chi connectivity index (χ0n) is 16.0. The number of carbonyl (C=O) groups is 2. The molecule has 0 aliphatic carbocycles. The van der Waals surface area contributed by atoms with Crippen LogP contribution < -0.4 is 16.0 Å². The summed E-state index contributed by atoms with van der Waals surface area (Å²) in [6.45, 7) is 0. The van der Waals surface area contributed by atoms with Crippen molar-refractivity contribution in [2.45, 2.75) is 12.8 Å². The summed E-state index contributed by atoms with van der Waals surface area (Å²) in [7, 11) is 0. The number of rotatable bonds is 6. The monoisotopic (exact) mass is 421 g/mol. The van der Waals surface area contributed by atoms with Crippen LogP contribution in [-0.4, -0.2) is 16.9 Å². The number of halogens is 1. The quantitative estimate of drug-likeness (QED) is 0.512. The lowest BCUT2D eigenvalue weighted by molar-refractivity contribution is -0.116. The summed E-state index contributed by atoms with van der Waals surface area (Å²) < 4.78 is 13.7. The Morgan fingerprint density at radius 3 is 2.07 bits per heavy atom. The van der Waals surface area contributed by atoms with Gasteiger partial charge in [0.05, 0.1) is 5.56 Å². The second-order valence-electron chi connectivity index (χ2n) is 6.50. The van der Waals surface area contributed by atoms with Crippen LogP contribution >= 0.6 is 12.2 Å². The predicted molar refractivity (Wildman–Crippen MR) is 120 cm³/mol. The first-order chi connectivity index (χ1) is 14.5. The second kappa shape index (κ2) is 10.3. The molecule has 0 aromatic heterocycles. The highest BCUT2D eigenvalue weighted by Crippen LogP contribution is 2.14. The van der Waals surface area contributed by atoms with Crippen LogP contribution in [0.25, 0.3) is 0 Å². The molecule has 0 saturated heterocycles. The summed E-state index contributed by atoms with van der Waals surface area (Å²) in [4.78, 5) is 24.2. The Morgan fingerprint density at radius 2 is 1.40 bits per heavy atom. The number of aryl methyl sites for hydroxylation is 1. The fraction of sp³-hybridized carbons (Fsp3) is 0.0870. The zero-order chi connectivity index (χ0) is 21.3. The van der Waals surface area contributed by atoms with Crippen molar-refractivity contribution in [1.29, 1.82) is 0 Å². The van der Waals surface area contributed by atoms with Gasteiger partial charge < -0.3 is 10.6 Å². The minimum Gasteiger partial charge on any atom is -0.332 e. The average Bonchev–Trinajstić information content (AvgIpc) is 2.74. The normalized spacial score (nSPS) is 10.2. The van der Waals surface area contributed by atoms with E-state index in [1.807, 2.05) is 30.3 Å². The van der Waals surface area contributed by atoms with Crippen molar-refractivity contribution in [3.63, 3.8) is 0 Å². The SMILES string of the molecule is O=C(CCc1ccccc1)Nc1ccc(NC(=S)NC(=O)c2ccccc2F)cc1. The maximum Gasteiger partial charge on any atom is 0.260 e. The molecule has 0 atom stereocenters.